The minimum Gasteiger partial charge on any atom is -0.493 e. The van der Waals surface area contributed by atoms with E-state index in [1.807, 2.05) is 30.9 Å². The predicted octanol–water partition coefficient (Wildman–Crippen LogP) is 3.25. The van der Waals surface area contributed by atoms with Gasteiger partial charge in [0.25, 0.3) is 0 Å². The molecule has 0 radical (unpaired) electrons. The number of ether oxygens (including phenoxy) is 1. The van der Waals surface area contributed by atoms with E-state index in [9.17, 15) is 9.59 Å². The number of benzene rings is 1. The number of anilines is 1. The minimum atomic E-state index is -0.118. The molecule has 0 bridgehead atoms. The van der Waals surface area contributed by atoms with Gasteiger partial charge in [-0.05, 0) is 45.2 Å². The van der Waals surface area contributed by atoms with Gasteiger partial charge < -0.3 is 19.5 Å². The average molecular weight is 385 g/mol. The van der Waals surface area contributed by atoms with E-state index in [4.69, 9.17) is 9.26 Å². The van der Waals surface area contributed by atoms with E-state index >= 15 is 0 Å². The van der Waals surface area contributed by atoms with Crippen LogP contribution in [0.4, 0.5) is 5.82 Å². The third-order valence-electron chi connectivity index (χ3n) is 5.00. The van der Waals surface area contributed by atoms with Crippen molar-refractivity contribution in [1.82, 2.24) is 10.1 Å². The number of piperidine rings is 1. The van der Waals surface area contributed by atoms with Crippen LogP contribution in [0.3, 0.4) is 0 Å². The summed E-state index contributed by atoms with van der Waals surface area (Å²) in [6.45, 7) is 7.33. The highest BCUT2D eigenvalue weighted by Gasteiger charge is 2.27. The molecule has 3 rings (SSSR count). The number of nitrogens with one attached hydrogen (secondary N) is 1. The van der Waals surface area contributed by atoms with Crippen molar-refractivity contribution in [2.45, 2.75) is 40.0 Å². The number of rotatable bonds is 6. The van der Waals surface area contributed by atoms with Crippen LogP contribution in [0.25, 0.3) is 0 Å². The third-order valence-corrected chi connectivity index (χ3v) is 5.00. The molecule has 1 aromatic carbocycles. The molecule has 2 heterocycles. The largest absolute Gasteiger partial charge is 0.493 e. The molecule has 1 saturated heterocycles. The summed E-state index contributed by atoms with van der Waals surface area (Å²) in [5, 5.41) is 6.55. The lowest BCUT2D eigenvalue weighted by atomic mass is 9.95. The van der Waals surface area contributed by atoms with E-state index in [0.29, 0.717) is 50.5 Å². The van der Waals surface area contributed by atoms with Gasteiger partial charge in [-0.2, -0.15) is 0 Å². The molecule has 2 aromatic rings. The summed E-state index contributed by atoms with van der Waals surface area (Å²) in [5.41, 5.74) is 2.26. The standard InChI is InChI=1S/C21H27N3O4/c1-14-4-5-18(15(2)12-14)27-11-8-20(25)24-9-6-17(7-10-24)21(26)22-19-13-16(3)28-23-19/h4-5,12-13,17H,6-11H2,1-3H3,(H,22,23,26). The van der Waals surface area contributed by atoms with Gasteiger partial charge in [0.05, 0.1) is 13.0 Å². The van der Waals surface area contributed by atoms with Crippen molar-refractivity contribution in [2.24, 2.45) is 5.92 Å². The number of hydrogen-bond acceptors (Lipinski definition) is 5. The summed E-state index contributed by atoms with van der Waals surface area (Å²) < 4.78 is 10.7. The van der Waals surface area contributed by atoms with Gasteiger partial charge in [0.1, 0.15) is 11.5 Å². The molecular formula is C21H27N3O4. The minimum absolute atomic E-state index is 0.0655. The zero-order chi connectivity index (χ0) is 20.1. The molecule has 0 unspecified atom stereocenters. The smallest absolute Gasteiger partial charge is 0.228 e. The van der Waals surface area contributed by atoms with E-state index in [-0.39, 0.29) is 17.7 Å². The highest BCUT2D eigenvalue weighted by atomic mass is 16.5. The number of amides is 2. The maximum atomic E-state index is 12.4. The summed E-state index contributed by atoms with van der Waals surface area (Å²) in [7, 11) is 0. The molecule has 7 nitrogen and oxygen atoms in total. The van der Waals surface area contributed by atoms with Crippen molar-refractivity contribution in [2.75, 3.05) is 25.0 Å². The lowest BCUT2D eigenvalue weighted by Gasteiger charge is -2.31. The molecule has 7 heteroatoms. The fourth-order valence-corrected chi connectivity index (χ4v) is 3.41. The number of aromatic nitrogens is 1. The topological polar surface area (TPSA) is 84.7 Å². The van der Waals surface area contributed by atoms with Gasteiger partial charge in [0, 0.05) is 25.1 Å². The predicted molar refractivity (Wildman–Crippen MR) is 105 cm³/mol. The maximum Gasteiger partial charge on any atom is 0.228 e. The Hall–Kier alpha value is -2.83. The second-order valence-electron chi connectivity index (χ2n) is 7.33. The first-order valence-corrected chi connectivity index (χ1v) is 9.64. The summed E-state index contributed by atoms with van der Waals surface area (Å²) in [5.74, 6) is 1.78. The van der Waals surface area contributed by atoms with Crippen molar-refractivity contribution in [1.29, 1.82) is 0 Å². The highest BCUT2D eigenvalue weighted by molar-refractivity contribution is 5.91. The van der Waals surface area contributed by atoms with Crippen molar-refractivity contribution in [3.63, 3.8) is 0 Å². The lowest BCUT2D eigenvalue weighted by Crippen LogP contribution is -2.41. The number of carbonyl (C=O) groups is 2. The van der Waals surface area contributed by atoms with Crippen LogP contribution in [-0.4, -0.2) is 41.6 Å². The zero-order valence-corrected chi connectivity index (χ0v) is 16.7. The molecule has 0 aliphatic carbocycles. The molecule has 2 amide bonds. The van der Waals surface area contributed by atoms with E-state index < -0.39 is 0 Å². The zero-order valence-electron chi connectivity index (χ0n) is 16.7. The fourth-order valence-electron chi connectivity index (χ4n) is 3.41. The Morgan fingerprint density at radius 2 is 1.96 bits per heavy atom. The molecule has 150 valence electrons. The SMILES string of the molecule is Cc1ccc(OCCC(=O)N2CCC(C(=O)Nc3cc(C)on3)CC2)c(C)c1. The number of carbonyl (C=O) groups excluding carboxylic acids is 2. The Labute approximate surface area is 165 Å². The van der Waals surface area contributed by atoms with E-state index in [1.54, 1.807) is 13.0 Å². The van der Waals surface area contributed by atoms with Gasteiger partial charge in [0.15, 0.2) is 5.82 Å². The Bertz CT molecular complexity index is 838. The third kappa shape index (κ3) is 5.12. The normalized spacial score (nSPS) is 14.8. The number of nitrogens with zero attached hydrogens (tertiary/aromatic N) is 2. The van der Waals surface area contributed by atoms with Crippen LogP contribution in [0, 0.1) is 26.7 Å². The Kier molecular flexibility index (Phi) is 6.34. The van der Waals surface area contributed by atoms with E-state index in [0.717, 1.165) is 11.3 Å². The molecule has 0 atom stereocenters. The molecule has 1 aliphatic rings. The number of hydrogen-bond donors (Lipinski definition) is 1. The van der Waals surface area contributed by atoms with Crippen LogP contribution in [-0.2, 0) is 9.59 Å². The molecule has 1 aromatic heterocycles. The maximum absolute atomic E-state index is 12.4. The molecule has 1 fully saturated rings. The summed E-state index contributed by atoms with van der Waals surface area (Å²) in [6.07, 6.45) is 1.63. The number of likely N-dealkylation sites (tertiary alicyclic amines) is 1. The van der Waals surface area contributed by atoms with Crippen molar-refractivity contribution in [3.8, 4) is 5.75 Å². The van der Waals surface area contributed by atoms with E-state index in [2.05, 4.69) is 16.5 Å². The quantitative estimate of drug-likeness (QED) is 0.825. The summed E-state index contributed by atoms with van der Waals surface area (Å²) in [6, 6.07) is 7.69. The Balaban J connectivity index is 1.40. The molecule has 0 spiro atoms. The van der Waals surface area contributed by atoms with Gasteiger partial charge in [-0.1, -0.05) is 22.9 Å². The fraction of sp³-hybridized carbons (Fsp3) is 0.476. The average Bonchev–Trinajstić information content (AvgIpc) is 3.08. The second-order valence-corrected chi connectivity index (χ2v) is 7.33. The van der Waals surface area contributed by atoms with Crippen molar-refractivity contribution >= 4 is 17.6 Å². The molecule has 0 saturated carbocycles. The van der Waals surface area contributed by atoms with Gasteiger partial charge in [-0.3, -0.25) is 9.59 Å². The van der Waals surface area contributed by atoms with Crippen LogP contribution in [0.5, 0.6) is 5.75 Å². The van der Waals surface area contributed by atoms with Crippen molar-refractivity contribution < 1.29 is 18.8 Å². The van der Waals surface area contributed by atoms with Crippen LogP contribution in [0.2, 0.25) is 0 Å². The summed E-state index contributed by atoms with van der Waals surface area (Å²) >= 11 is 0. The molecule has 1 N–H and O–H groups in total. The first-order chi connectivity index (χ1) is 13.4. The van der Waals surface area contributed by atoms with Gasteiger partial charge in [-0.25, -0.2) is 0 Å². The van der Waals surface area contributed by atoms with Crippen LogP contribution < -0.4 is 10.1 Å². The van der Waals surface area contributed by atoms with Crippen LogP contribution in [0.1, 0.15) is 36.1 Å². The molecule has 1 aliphatic heterocycles. The number of aryl methyl sites for hydroxylation is 3. The second kappa shape index (κ2) is 8.91. The lowest BCUT2D eigenvalue weighted by molar-refractivity contribution is -0.135. The van der Waals surface area contributed by atoms with E-state index in [1.165, 1.54) is 5.56 Å². The monoisotopic (exact) mass is 385 g/mol. The molecule has 28 heavy (non-hydrogen) atoms. The van der Waals surface area contributed by atoms with Crippen molar-refractivity contribution in [3.05, 3.63) is 41.2 Å². The Morgan fingerprint density at radius 1 is 1.21 bits per heavy atom. The molecular weight excluding hydrogens is 358 g/mol. The summed E-state index contributed by atoms with van der Waals surface area (Å²) in [4.78, 5) is 26.6. The first-order valence-electron chi connectivity index (χ1n) is 9.64. The first kappa shape index (κ1) is 19.9. The Morgan fingerprint density at radius 3 is 2.61 bits per heavy atom. The van der Waals surface area contributed by atoms with Gasteiger partial charge in [-0.15, -0.1) is 0 Å². The van der Waals surface area contributed by atoms with Gasteiger partial charge in [0.2, 0.25) is 11.8 Å². The highest BCUT2D eigenvalue weighted by Crippen LogP contribution is 2.21. The van der Waals surface area contributed by atoms with Crippen LogP contribution in [0.15, 0.2) is 28.8 Å². The van der Waals surface area contributed by atoms with Crippen LogP contribution >= 0.6 is 0 Å². The van der Waals surface area contributed by atoms with Gasteiger partial charge >= 0.3 is 0 Å².